The fourth-order valence-electron chi connectivity index (χ4n) is 5.25. The number of likely N-dealkylation sites (tertiary alicyclic amines) is 1. The number of thiazole rings is 1. The van der Waals surface area contributed by atoms with E-state index in [1.165, 1.54) is 22.7 Å². The van der Waals surface area contributed by atoms with Crippen LogP contribution >= 0.6 is 11.3 Å². The molecule has 3 aliphatic rings. The van der Waals surface area contributed by atoms with Crippen molar-refractivity contribution in [3.8, 4) is 0 Å². The molecule has 0 saturated carbocycles. The minimum Gasteiger partial charge on any atom is -0.370 e. The minimum atomic E-state index is -0.270. The zero-order chi connectivity index (χ0) is 22.2. The number of hydrogen-bond acceptors (Lipinski definition) is 6. The van der Waals surface area contributed by atoms with E-state index in [4.69, 9.17) is 0 Å². The average Bonchev–Trinajstić information content (AvgIpc) is 3.42. The molecule has 2 saturated heterocycles. The third kappa shape index (κ3) is 3.70. The van der Waals surface area contributed by atoms with E-state index in [9.17, 15) is 14.4 Å². The van der Waals surface area contributed by atoms with Crippen LogP contribution in [0, 0.1) is 5.92 Å². The third-order valence-electron chi connectivity index (χ3n) is 6.95. The van der Waals surface area contributed by atoms with Gasteiger partial charge in [-0.15, -0.1) is 11.3 Å². The van der Waals surface area contributed by atoms with Gasteiger partial charge >= 0.3 is 0 Å². The number of fused-ring (bicyclic) bond motifs is 1. The second-order valence-corrected chi connectivity index (χ2v) is 9.96. The van der Waals surface area contributed by atoms with Crippen molar-refractivity contribution in [1.29, 1.82) is 0 Å². The van der Waals surface area contributed by atoms with Gasteiger partial charge in [0.25, 0.3) is 11.8 Å². The number of imide groups is 1. The van der Waals surface area contributed by atoms with Crippen LogP contribution in [0.5, 0.6) is 0 Å². The van der Waals surface area contributed by atoms with Gasteiger partial charge in [-0.1, -0.05) is 6.07 Å². The van der Waals surface area contributed by atoms with Crippen LogP contribution in [0.25, 0.3) is 0 Å². The van der Waals surface area contributed by atoms with Crippen LogP contribution in [0.15, 0.2) is 29.8 Å². The molecular weight excluding hydrogens is 424 g/mol. The van der Waals surface area contributed by atoms with Crippen LogP contribution < -0.4 is 4.90 Å². The first kappa shape index (κ1) is 21.1. The van der Waals surface area contributed by atoms with Gasteiger partial charge in [-0.05, 0) is 51.2 Å². The molecule has 5 rings (SSSR count). The topological polar surface area (TPSA) is 73.8 Å². The fraction of sp³-hybridized carbons (Fsp3) is 0.500. The van der Waals surface area contributed by atoms with Gasteiger partial charge in [-0.2, -0.15) is 0 Å². The van der Waals surface area contributed by atoms with Gasteiger partial charge < -0.3 is 9.80 Å². The van der Waals surface area contributed by atoms with Gasteiger partial charge in [0.15, 0.2) is 0 Å². The van der Waals surface area contributed by atoms with Crippen molar-refractivity contribution in [3.05, 3.63) is 45.9 Å². The Kier molecular flexibility index (Phi) is 5.71. The van der Waals surface area contributed by atoms with Gasteiger partial charge in [0.1, 0.15) is 5.01 Å². The first-order chi connectivity index (χ1) is 15.5. The molecule has 3 amide bonds. The van der Waals surface area contributed by atoms with Gasteiger partial charge in [0.05, 0.1) is 29.3 Å². The number of hydrogen-bond donors (Lipinski definition) is 0. The summed E-state index contributed by atoms with van der Waals surface area (Å²) in [4.78, 5) is 49.3. The molecule has 0 bridgehead atoms. The zero-order valence-corrected chi connectivity index (χ0v) is 19.1. The molecule has 0 aliphatic carbocycles. The van der Waals surface area contributed by atoms with E-state index in [2.05, 4.69) is 21.7 Å². The molecular formula is C24H28N4O3S. The monoisotopic (exact) mass is 452 g/mol. The molecule has 0 radical (unpaired) electrons. The molecule has 2 atom stereocenters. The summed E-state index contributed by atoms with van der Waals surface area (Å²) in [7, 11) is 0. The van der Waals surface area contributed by atoms with Crippen molar-refractivity contribution in [2.24, 2.45) is 5.92 Å². The van der Waals surface area contributed by atoms with E-state index < -0.39 is 0 Å². The van der Waals surface area contributed by atoms with E-state index in [0.717, 1.165) is 49.5 Å². The van der Waals surface area contributed by atoms with E-state index >= 15 is 0 Å². The molecule has 2 fully saturated rings. The van der Waals surface area contributed by atoms with Gasteiger partial charge in [0, 0.05) is 37.3 Å². The molecule has 0 N–H and O–H groups in total. The van der Waals surface area contributed by atoms with Crippen LogP contribution in [0.2, 0.25) is 0 Å². The Morgan fingerprint density at radius 2 is 2.00 bits per heavy atom. The fourth-order valence-corrected chi connectivity index (χ4v) is 5.85. The maximum Gasteiger partial charge on any atom is 0.264 e. The average molecular weight is 453 g/mol. The van der Waals surface area contributed by atoms with Gasteiger partial charge in [-0.25, -0.2) is 4.98 Å². The smallest absolute Gasteiger partial charge is 0.264 e. The lowest BCUT2D eigenvalue weighted by atomic mass is 9.93. The number of nitrogens with zero attached hydrogens (tertiary/aromatic N) is 4. The van der Waals surface area contributed by atoms with Crippen molar-refractivity contribution in [2.75, 3.05) is 24.5 Å². The molecule has 32 heavy (non-hydrogen) atoms. The lowest BCUT2D eigenvalue weighted by Crippen LogP contribution is -2.49. The largest absolute Gasteiger partial charge is 0.370 e. The van der Waals surface area contributed by atoms with Crippen LogP contribution in [0.1, 0.15) is 64.8 Å². The molecule has 7 nitrogen and oxygen atoms in total. The van der Waals surface area contributed by atoms with E-state index in [0.29, 0.717) is 23.7 Å². The highest BCUT2D eigenvalue weighted by Crippen LogP contribution is 2.35. The summed E-state index contributed by atoms with van der Waals surface area (Å²) in [6.07, 6.45) is 6.78. The Morgan fingerprint density at radius 3 is 2.78 bits per heavy atom. The normalized spacial score (nSPS) is 23.6. The highest BCUT2D eigenvalue weighted by atomic mass is 32.1. The number of rotatable bonds is 4. The summed E-state index contributed by atoms with van der Waals surface area (Å²) < 4.78 is 0. The second kappa shape index (κ2) is 8.65. The predicted molar refractivity (Wildman–Crippen MR) is 123 cm³/mol. The third-order valence-corrected chi connectivity index (χ3v) is 7.72. The molecule has 1 aromatic heterocycles. The standard InChI is InChI=1S/C24H28N4O3S/c1-16-6-2-3-12-27(16)22(29)17-7-5-11-26(14-17)19-9-4-8-18-21(19)24(31)28(23(18)30)15-20-25-10-13-32-20/h4,8-10,13,16-17H,2-3,5-7,11-12,14-15H2,1H3/t16-,17-/m1/s1. The van der Waals surface area contributed by atoms with Crippen LogP contribution in [0.4, 0.5) is 5.69 Å². The minimum absolute atomic E-state index is 0.0706. The van der Waals surface area contributed by atoms with Crippen LogP contribution in [0.3, 0.4) is 0 Å². The Bertz CT molecular complexity index is 1040. The summed E-state index contributed by atoms with van der Waals surface area (Å²) >= 11 is 1.43. The number of amides is 3. The lowest BCUT2D eigenvalue weighted by molar-refractivity contribution is -0.139. The summed E-state index contributed by atoms with van der Waals surface area (Å²) in [5, 5.41) is 2.58. The van der Waals surface area contributed by atoms with Crippen molar-refractivity contribution >= 4 is 34.7 Å². The van der Waals surface area contributed by atoms with Crippen molar-refractivity contribution in [1.82, 2.24) is 14.8 Å². The van der Waals surface area contributed by atoms with E-state index in [1.807, 2.05) is 17.5 Å². The number of carbonyl (C=O) groups excluding carboxylic acids is 3. The number of carbonyl (C=O) groups is 3. The number of aromatic nitrogens is 1. The Labute approximate surface area is 192 Å². The highest BCUT2D eigenvalue weighted by Gasteiger charge is 2.40. The summed E-state index contributed by atoms with van der Waals surface area (Å²) in [5.74, 6) is -0.371. The maximum atomic E-state index is 13.3. The highest BCUT2D eigenvalue weighted by molar-refractivity contribution is 7.09. The molecule has 1 aromatic carbocycles. The number of benzene rings is 1. The first-order valence-electron chi connectivity index (χ1n) is 11.5. The Hall–Kier alpha value is -2.74. The quantitative estimate of drug-likeness (QED) is 0.664. The predicted octanol–water partition coefficient (Wildman–Crippen LogP) is 3.56. The lowest BCUT2D eigenvalue weighted by Gasteiger charge is -2.40. The Balaban J connectivity index is 1.38. The van der Waals surface area contributed by atoms with Crippen LogP contribution in [-0.2, 0) is 11.3 Å². The van der Waals surface area contributed by atoms with Crippen LogP contribution in [-0.4, -0.2) is 58.2 Å². The second-order valence-electron chi connectivity index (χ2n) is 8.98. The van der Waals surface area contributed by atoms with E-state index in [1.54, 1.807) is 12.3 Å². The number of piperidine rings is 2. The van der Waals surface area contributed by atoms with Crippen molar-refractivity contribution < 1.29 is 14.4 Å². The molecule has 168 valence electrons. The summed E-state index contributed by atoms with van der Waals surface area (Å²) in [5.41, 5.74) is 1.68. The van der Waals surface area contributed by atoms with Crippen molar-refractivity contribution in [2.45, 2.75) is 51.6 Å². The molecule has 3 aliphatic heterocycles. The van der Waals surface area contributed by atoms with Gasteiger partial charge in [0.2, 0.25) is 5.91 Å². The molecule has 2 aromatic rings. The zero-order valence-electron chi connectivity index (χ0n) is 18.3. The maximum absolute atomic E-state index is 13.3. The molecule has 0 unspecified atom stereocenters. The molecule has 8 heteroatoms. The first-order valence-corrected chi connectivity index (χ1v) is 12.4. The van der Waals surface area contributed by atoms with Gasteiger partial charge in [-0.3, -0.25) is 19.3 Å². The molecule has 4 heterocycles. The van der Waals surface area contributed by atoms with E-state index in [-0.39, 0.29) is 30.2 Å². The SMILES string of the molecule is C[C@@H]1CCCCN1C(=O)[C@@H]1CCCN(c2cccc3c2C(=O)N(Cc2nccs2)C3=O)C1. The molecule has 0 spiro atoms. The van der Waals surface area contributed by atoms with Crippen molar-refractivity contribution in [3.63, 3.8) is 0 Å². The summed E-state index contributed by atoms with van der Waals surface area (Å²) in [6, 6.07) is 5.77. The number of anilines is 1. The Morgan fingerprint density at radius 1 is 1.12 bits per heavy atom. The summed E-state index contributed by atoms with van der Waals surface area (Å²) in [6.45, 7) is 4.55.